The maximum absolute atomic E-state index is 13.4. The van der Waals surface area contributed by atoms with Gasteiger partial charge >= 0.3 is 0 Å². The third kappa shape index (κ3) is 2.90. The zero-order valence-electron chi connectivity index (χ0n) is 10.5. The maximum Gasteiger partial charge on any atom is 0.167 e. The van der Waals surface area contributed by atoms with E-state index in [1.807, 2.05) is 6.92 Å². The molecule has 2 aromatic rings. The minimum atomic E-state index is -0.528. The summed E-state index contributed by atoms with van der Waals surface area (Å²) in [6.45, 7) is 1.86. The van der Waals surface area contributed by atoms with Crippen LogP contribution in [0.2, 0.25) is 5.02 Å². The molecule has 2 N–H and O–H groups in total. The molecule has 100 valence electrons. The van der Waals surface area contributed by atoms with Crippen LogP contribution in [0.1, 0.15) is 5.56 Å². The van der Waals surface area contributed by atoms with E-state index in [1.54, 1.807) is 18.2 Å². The molecule has 0 saturated carbocycles. The lowest BCUT2D eigenvalue weighted by molar-refractivity contribution is 0.382. The summed E-state index contributed by atoms with van der Waals surface area (Å²) in [6.07, 6.45) is 0. The average molecular weight is 282 g/mol. The Kier molecular flexibility index (Phi) is 3.81. The summed E-state index contributed by atoms with van der Waals surface area (Å²) in [5.41, 5.74) is 6.80. The number of hydrogen-bond donors (Lipinski definition) is 1. The molecule has 0 aliphatic rings. The summed E-state index contributed by atoms with van der Waals surface area (Å²) < 4.78 is 23.9. The third-order valence-electron chi connectivity index (χ3n) is 2.64. The molecule has 3 nitrogen and oxygen atoms in total. The Hall–Kier alpha value is -1.94. The van der Waals surface area contributed by atoms with Crippen molar-refractivity contribution in [2.24, 2.45) is 0 Å². The molecule has 2 aromatic carbocycles. The molecule has 0 atom stereocenters. The van der Waals surface area contributed by atoms with Crippen molar-refractivity contribution in [1.82, 2.24) is 0 Å². The van der Waals surface area contributed by atoms with Gasteiger partial charge < -0.3 is 15.2 Å². The van der Waals surface area contributed by atoms with Crippen molar-refractivity contribution in [2.75, 3.05) is 12.8 Å². The maximum atomic E-state index is 13.4. The van der Waals surface area contributed by atoms with Crippen molar-refractivity contribution < 1.29 is 13.9 Å². The normalized spacial score (nSPS) is 10.3. The Morgan fingerprint density at radius 3 is 2.53 bits per heavy atom. The zero-order chi connectivity index (χ0) is 14.0. The first kappa shape index (κ1) is 13.5. The lowest BCUT2D eigenvalue weighted by Gasteiger charge is -2.11. The van der Waals surface area contributed by atoms with Gasteiger partial charge in [0.25, 0.3) is 0 Å². The van der Waals surface area contributed by atoms with Crippen molar-refractivity contribution >= 4 is 17.3 Å². The number of benzene rings is 2. The molecular weight excluding hydrogens is 269 g/mol. The van der Waals surface area contributed by atoms with Gasteiger partial charge in [-0.15, -0.1) is 0 Å². The molecule has 0 fully saturated rings. The Morgan fingerprint density at radius 1 is 1.16 bits per heavy atom. The van der Waals surface area contributed by atoms with E-state index in [4.69, 9.17) is 26.8 Å². The van der Waals surface area contributed by atoms with Gasteiger partial charge in [0, 0.05) is 17.2 Å². The lowest BCUT2D eigenvalue weighted by atomic mass is 10.2. The van der Waals surface area contributed by atoms with Crippen LogP contribution >= 0.6 is 11.6 Å². The smallest absolute Gasteiger partial charge is 0.167 e. The highest BCUT2D eigenvalue weighted by molar-refractivity contribution is 6.31. The van der Waals surface area contributed by atoms with Crippen LogP contribution in [-0.4, -0.2) is 7.11 Å². The molecule has 0 saturated heterocycles. The van der Waals surface area contributed by atoms with Crippen LogP contribution in [0.3, 0.4) is 0 Å². The number of aryl methyl sites for hydroxylation is 1. The van der Waals surface area contributed by atoms with E-state index in [0.717, 1.165) is 11.6 Å². The van der Waals surface area contributed by atoms with Gasteiger partial charge in [0.1, 0.15) is 5.75 Å². The molecule has 5 heteroatoms. The fourth-order valence-electron chi connectivity index (χ4n) is 1.60. The highest BCUT2D eigenvalue weighted by Gasteiger charge is 2.10. The average Bonchev–Trinajstić information content (AvgIpc) is 2.37. The quantitative estimate of drug-likeness (QED) is 0.859. The summed E-state index contributed by atoms with van der Waals surface area (Å²) in [6, 6.07) is 7.79. The van der Waals surface area contributed by atoms with Crippen molar-refractivity contribution in [1.29, 1.82) is 0 Å². The Labute approximate surface area is 115 Å². The predicted molar refractivity (Wildman–Crippen MR) is 73.6 cm³/mol. The van der Waals surface area contributed by atoms with Gasteiger partial charge in [0.2, 0.25) is 0 Å². The molecule has 19 heavy (non-hydrogen) atoms. The topological polar surface area (TPSA) is 44.5 Å². The van der Waals surface area contributed by atoms with Crippen LogP contribution in [0.15, 0.2) is 30.3 Å². The van der Waals surface area contributed by atoms with Crippen LogP contribution in [0.5, 0.6) is 17.2 Å². The number of nitrogen functional groups attached to an aromatic ring is 1. The van der Waals surface area contributed by atoms with Gasteiger partial charge in [0.05, 0.1) is 12.8 Å². The van der Waals surface area contributed by atoms with Crippen LogP contribution in [0, 0.1) is 12.7 Å². The minimum absolute atomic E-state index is 0.0786. The standard InChI is InChI=1S/C14H13ClFNO2/c1-8-5-9(3-4-10(8)15)19-14-7-13(18-2)11(16)6-12(14)17/h3-7H,17H2,1-2H3. The van der Waals surface area contributed by atoms with Crippen LogP contribution in [0.4, 0.5) is 10.1 Å². The first-order valence-corrected chi connectivity index (χ1v) is 5.96. The van der Waals surface area contributed by atoms with Gasteiger partial charge in [-0.25, -0.2) is 4.39 Å². The SMILES string of the molecule is COc1cc(Oc2ccc(Cl)c(C)c2)c(N)cc1F. The monoisotopic (exact) mass is 281 g/mol. The Balaban J connectivity index is 2.34. The summed E-state index contributed by atoms with van der Waals surface area (Å²) in [4.78, 5) is 0. The number of anilines is 1. The first-order chi connectivity index (χ1) is 9.01. The second kappa shape index (κ2) is 5.36. The fraction of sp³-hybridized carbons (Fsp3) is 0.143. The van der Waals surface area contributed by atoms with Crippen LogP contribution in [0.25, 0.3) is 0 Å². The minimum Gasteiger partial charge on any atom is -0.494 e. The summed E-state index contributed by atoms with van der Waals surface area (Å²) in [5.74, 6) is 0.455. The number of nitrogens with two attached hydrogens (primary N) is 1. The van der Waals surface area contributed by atoms with Gasteiger partial charge in [0.15, 0.2) is 17.3 Å². The molecule has 0 heterocycles. The van der Waals surface area contributed by atoms with Gasteiger partial charge in [-0.3, -0.25) is 0 Å². The lowest BCUT2D eigenvalue weighted by Crippen LogP contribution is -1.96. The molecular formula is C14H13ClFNO2. The number of methoxy groups -OCH3 is 1. The van der Waals surface area contributed by atoms with Crippen molar-refractivity contribution in [3.05, 3.63) is 46.7 Å². The molecule has 0 unspecified atom stereocenters. The highest BCUT2D eigenvalue weighted by atomic mass is 35.5. The van der Waals surface area contributed by atoms with Gasteiger partial charge in [-0.2, -0.15) is 0 Å². The second-order valence-electron chi connectivity index (χ2n) is 4.04. The number of hydrogen-bond acceptors (Lipinski definition) is 3. The molecule has 0 spiro atoms. The Bertz CT molecular complexity index is 617. The van der Waals surface area contributed by atoms with Gasteiger partial charge in [-0.05, 0) is 30.7 Å². The van der Waals surface area contributed by atoms with Crippen LogP contribution in [-0.2, 0) is 0 Å². The van der Waals surface area contributed by atoms with E-state index in [2.05, 4.69) is 0 Å². The number of halogens is 2. The first-order valence-electron chi connectivity index (χ1n) is 5.58. The number of rotatable bonds is 3. The van der Waals surface area contributed by atoms with Crippen molar-refractivity contribution in [2.45, 2.75) is 6.92 Å². The van der Waals surface area contributed by atoms with Gasteiger partial charge in [-0.1, -0.05) is 11.6 Å². The van der Waals surface area contributed by atoms with E-state index in [9.17, 15) is 4.39 Å². The van der Waals surface area contributed by atoms with E-state index in [-0.39, 0.29) is 11.4 Å². The van der Waals surface area contributed by atoms with E-state index < -0.39 is 5.82 Å². The molecule has 0 bridgehead atoms. The molecule has 2 rings (SSSR count). The highest BCUT2D eigenvalue weighted by Crippen LogP contribution is 2.34. The Morgan fingerprint density at radius 2 is 1.89 bits per heavy atom. The second-order valence-corrected chi connectivity index (χ2v) is 4.44. The summed E-state index contributed by atoms with van der Waals surface area (Å²) in [7, 11) is 1.38. The third-order valence-corrected chi connectivity index (χ3v) is 3.07. The molecule has 0 radical (unpaired) electrons. The molecule has 0 amide bonds. The van der Waals surface area contributed by atoms with Crippen molar-refractivity contribution in [3.63, 3.8) is 0 Å². The van der Waals surface area contributed by atoms with Crippen molar-refractivity contribution in [3.8, 4) is 17.2 Å². The number of ether oxygens (including phenoxy) is 2. The summed E-state index contributed by atoms with van der Waals surface area (Å²) >= 11 is 5.93. The van der Waals surface area contributed by atoms with Crippen LogP contribution < -0.4 is 15.2 Å². The fourth-order valence-corrected chi connectivity index (χ4v) is 1.72. The summed E-state index contributed by atoms with van der Waals surface area (Å²) in [5, 5.41) is 0.650. The van der Waals surface area contributed by atoms with E-state index >= 15 is 0 Å². The molecule has 0 aliphatic heterocycles. The van der Waals surface area contributed by atoms with E-state index in [1.165, 1.54) is 13.2 Å². The molecule has 0 aliphatic carbocycles. The largest absolute Gasteiger partial charge is 0.494 e. The molecule has 0 aromatic heterocycles. The predicted octanol–water partition coefficient (Wildman–Crippen LogP) is 4.17. The zero-order valence-corrected chi connectivity index (χ0v) is 11.3. The van der Waals surface area contributed by atoms with E-state index in [0.29, 0.717) is 16.5 Å².